The zero-order valence-electron chi connectivity index (χ0n) is 10.5. The Morgan fingerprint density at radius 1 is 1.00 bits per heavy atom. The van der Waals surface area contributed by atoms with E-state index in [4.69, 9.17) is 0 Å². The van der Waals surface area contributed by atoms with E-state index >= 15 is 0 Å². The Bertz CT molecular complexity index is 207. The van der Waals surface area contributed by atoms with E-state index in [9.17, 15) is 0 Å². The quantitative estimate of drug-likeness (QED) is 0.665. The molecule has 0 atom stereocenters. The van der Waals surface area contributed by atoms with Crippen molar-refractivity contribution in [1.29, 1.82) is 0 Å². The second kappa shape index (κ2) is 4.63. The average Bonchev–Trinajstić information content (AvgIpc) is 2.40. The molecule has 1 aliphatic heterocycles. The predicted molar refractivity (Wildman–Crippen MR) is 68.7 cm³/mol. The van der Waals surface area contributed by atoms with E-state index in [2.05, 4.69) is 25.7 Å². The number of likely N-dealkylation sites (tertiary alicyclic amines) is 1. The Labute approximate surface area is 101 Å². The third kappa shape index (κ3) is 2.19. The van der Waals surface area contributed by atoms with E-state index in [1.807, 2.05) is 0 Å². The van der Waals surface area contributed by atoms with Gasteiger partial charge in [-0.05, 0) is 30.2 Å². The van der Waals surface area contributed by atoms with Crippen LogP contribution in [0.5, 0.6) is 0 Å². The first-order valence-corrected chi connectivity index (χ1v) is 6.32. The number of nitrogens with zero attached hydrogens (tertiary/aromatic N) is 1. The van der Waals surface area contributed by atoms with Crippen LogP contribution in [0.25, 0.3) is 0 Å². The van der Waals surface area contributed by atoms with Gasteiger partial charge in [0.1, 0.15) is 0 Å². The van der Waals surface area contributed by atoms with Gasteiger partial charge in [-0.25, -0.2) is 0 Å². The molecule has 2 rings (SSSR count). The van der Waals surface area contributed by atoms with Crippen LogP contribution >= 0.6 is 12.4 Å². The van der Waals surface area contributed by atoms with Crippen molar-refractivity contribution in [2.45, 2.75) is 52.9 Å². The van der Waals surface area contributed by atoms with E-state index in [-0.39, 0.29) is 12.4 Å². The van der Waals surface area contributed by atoms with Crippen molar-refractivity contribution < 1.29 is 0 Å². The van der Waals surface area contributed by atoms with Gasteiger partial charge in [0, 0.05) is 13.1 Å². The number of hydrogen-bond donors (Lipinski definition) is 0. The highest BCUT2D eigenvalue weighted by Crippen LogP contribution is 2.54. The summed E-state index contributed by atoms with van der Waals surface area (Å²) in [5.41, 5.74) is 1.23. The Morgan fingerprint density at radius 3 is 2.07 bits per heavy atom. The van der Waals surface area contributed by atoms with Gasteiger partial charge in [-0.1, -0.05) is 40.0 Å². The maximum atomic E-state index is 2.66. The summed E-state index contributed by atoms with van der Waals surface area (Å²) in [6.07, 6.45) is 7.39. The average molecular weight is 232 g/mol. The van der Waals surface area contributed by atoms with Crippen LogP contribution in [0.2, 0.25) is 0 Å². The molecule has 1 nitrogen and oxygen atoms in total. The summed E-state index contributed by atoms with van der Waals surface area (Å²) in [6.45, 7) is 11.2. The largest absolute Gasteiger partial charge is 0.302 e. The monoisotopic (exact) mass is 231 g/mol. The van der Waals surface area contributed by atoms with Crippen molar-refractivity contribution >= 4 is 12.4 Å². The smallest absolute Gasteiger partial charge is 0.00437 e. The van der Waals surface area contributed by atoms with Gasteiger partial charge in [0.2, 0.25) is 0 Å². The minimum Gasteiger partial charge on any atom is -0.302 e. The van der Waals surface area contributed by atoms with Gasteiger partial charge in [0.05, 0.1) is 0 Å². The SMILES string of the molecule is CCN1CC(C)(C)C2(CCCCC2)C1.Cl. The molecule has 0 unspecified atom stereocenters. The fraction of sp³-hybridized carbons (Fsp3) is 1.00. The number of halogens is 1. The first kappa shape index (κ1) is 13.3. The van der Waals surface area contributed by atoms with Crippen molar-refractivity contribution in [1.82, 2.24) is 4.90 Å². The van der Waals surface area contributed by atoms with Crippen molar-refractivity contribution in [3.8, 4) is 0 Å². The van der Waals surface area contributed by atoms with Crippen LogP contribution in [-0.2, 0) is 0 Å². The Hall–Kier alpha value is 0.250. The van der Waals surface area contributed by atoms with Crippen LogP contribution in [-0.4, -0.2) is 24.5 Å². The summed E-state index contributed by atoms with van der Waals surface area (Å²) in [6, 6.07) is 0. The van der Waals surface area contributed by atoms with E-state index < -0.39 is 0 Å². The van der Waals surface area contributed by atoms with Crippen molar-refractivity contribution in [3.05, 3.63) is 0 Å². The molecule has 2 heteroatoms. The lowest BCUT2D eigenvalue weighted by atomic mass is 9.61. The summed E-state index contributed by atoms with van der Waals surface area (Å²) in [4.78, 5) is 2.66. The summed E-state index contributed by atoms with van der Waals surface area (Å²) < 4.78 is 0. The fourth-order valence-corrected chi connectivity index (χ4v) is 3.71. The third-order valence-corrected chi connectivity index (χ3v) is 4.84. The second-order valence-corrected chi connectivity index (χ2v) is 6.03. The standard InChI is InChI=1S/C13H25N.ClH/c1-4-14-10-12(2,3)13(11-14)8-6-5-7-9-13;/h4-11H2,1-3H3;1H. The zero-order valence-corrected chi connectivity index (χ0v) is 11.3. The minimum atomic E-state index is 0. The third-order valence-electron chi connectivity index (χ3n) is 4.84. The summed E-state index contributed by atoms with van der Waals surface area (Å²) >= 11 is 0. The van der Waals surface area contributed by atoms with Crippen LogP contribution in [0, 0.1) is 10.8 Å². The molecule has 1 heterocycles. The molecule has 1 spiro atoms. The highest BCUT2D eigenvalue weighted by Gasteiger charge is 2.51. The molecule has 1 saturated carbocycles. The van der Waals surface area contributed by atoms with E-state index in [1.165, 1.54) is 51.7 Å². The molecule has 2 fully saturated rings. The normalized spacial score (nSPS) is 29.0. The molecule has 0 amide bonds. The van der Waals surface area contributed by atoms with Gasteiger partial charge in [-0.2, -0.15) is 0 Å². The highest BCUT2D eigenvalue weighted by molar-refractivity contribution is 5.85. The van der Waals surface area contributed by atoms with Gasteiger partial charge >= 0.3 is 0 Å². The molecule has 0 N–H and O–H groups in total. The summed E-state index contributed by atoms with van der Waals surface area (Å²) in [7, 11) is 0. The van der Waals surface area contributed by atoms with Crippen molar-refractivity contribution in [2.75, 3.05) is 19.6 Å². The van der Waals surface area contributed by atoms with Crippen LogP contribution in [0.3, 0.4) is 0 Å². The minimum absolute atomic E-state index is 0. The Kier molecular flexibility index (Phi) is 4.11. The zero-order chi connectivity index (χ0) is 10.2. The highest BCUT2D eigenvalue weighted by atomic mass is 35.5. The van der Waals surface area contributed by atoms with Gasteiger partial charge < -0.3 is 4.90 Å². The summed E-state index contributed by atoms with van der Waals surface area (Å²) in [5, 5.41) is 0. The summed E-state index contributed by atoms with van der Waals surface area (Å²) in [5.74, 6) is 0. The first-order valence-electron chi connectivity index (χ1n) is 6.32. The molecule has 0 aromatic heterocycles. The molecule has 0 aromatic carbocycles. The van der Waals surface area contributed by atoms with Crippen LogP contribution in [0.15, 0.2) is 0 Å². The number of hydrogen-bond acceptors (Lipinski definition) is 1. The molecule has 0 radical (unpaired) electrons. The topological polar surface area (TPSA) is 3.24 Å². The van der Waals surface area contributed by atoms with Gasteiger partial charge in [-0.3, -0.25) is 0 Å². The van der Waals surface area contributed by atoms with E-state index in [0.717, 1.165) is 0 Å². The lowest BCUT2D eigenvalue weighted by molar-refractivity contribution is 0.0793. The van der Waals surface area contributed by atoms with Crippen LogP contribution in [0.4, 0.5) is 0 Å². The fourth-order valence-electron chi connectivity index (χ4n) is 3.71. The van der Waals surface area contributed by atoms with E-state index in [0.29, 0.717) is 10.8 Å². The molecular formula is C13H26ClN. The predicted octanol–water partition coefficient (Wildman–Crippen LogP) is 3.72. The molecule has 90 valence electrons. The van der Waals surface area contributed by atoms with E-state index in [1.54, 1.807) is 0 Å². The van der Waals surface area contributed by atoms with Gasteiger partial charge in [0.15, 0.2) is 0 Å². The molecule has 2 aliphatic rings. The lowest BCUT2D eigenvalue weighted by Gasteiger charge is -2.43. The first-order chi connectivity index (χ1) is 6.60. The Morgan fingerprint density at radius 2 is 1.60 bits per heavy atom. The van der Waals surface area contributed by atoms with Gasteiger partial charge in [0.25, 0.3) is 0 Å². The lowest BCUT2D eigenvalue weighted by Crippen LogP contribution is -2.38. The second-order valence-electron chi connectivity index (χ2n) is 6.03. The molecule has 0 bridgehead atoms. The molecule has 1 saturated heterocycles. The van der Waals surface area contributed by atoms with Crippen LogP contribution in [0.1, 0.15) is 52.9 Å². The number of rotatable bonds is 1. The molecule has 0 aromatic rings. The maximum absolute atomic E-state index is 2.66. The Balaban J connectivity index is 0.00000112. The molecule has 15 heavy (non-hydrogen) atoms. The van der Waals surface area contributed by atoms with Crippen molar-refractivity contribution in [2.24, 2.45) is 10.8 Å². The molecule has 1 aliphatic carbocycles. The van der Waals surface area contributed by atoms with Gasteiger partial charge in [-0.15, -0.1) is 12.4 Å². The maximum Gasteiger partial charge on any atom is 0.00437 e. The van der Waals surface area contributed by atoms with Crippen LogP contribution < -0.4 is 0 Å². The van der Waals surface area contributed by atoms with Crippen molar-refractivity contribution in [3.63, 3.8) is 0 Å². The molecular weight excluding hydrogens is 206 g/mol.